The first-order chi connectivity index (χ1) is 14.1. The van der Waals surface area contributed by atoms with Crippen LogP contribution in [0, 0.1) is 0 Å². The average Bonchev–Trinajstić information content (AvgIpc) is 3.19. The lowest BCUT2D eigenvalue weighted by atomic mass is 10.1. The van der Waals surface area contributed by atoms with Gasteiger partial charge in [0, 0.05) is 30.8 Å². The largest absolute Gasteiger partial charge is 0.416 e. The van der Waals surface area contributed by atoms with Crippen LogP contribution in [-0.2, 0) is 17.5 Å². The van der Waals surface area contributed by atoms with Crippen LogP contribution in [-0.4, -0.2) is 41.4 Å². The summed E-state index contributed by atoms with van der Waals surface area (Å²) in [5.41, 5.74) is 0.413. The summed E-state index contributed by atoms with van der Waals surface area (Å²) >= 11 is 5.84. The monoisotopic (exact) mass is 439 g/mol. The fourth-order valence-electron chi connectivity index (χ4n) is 3.40. The molecule has 2 aromatic carbocycles. The van der Waals surface area contributed by atoms with Crippen molar-refractivity contribution in [1.82, 2.24) is 9.80 Å². The van der Waals surface area contributed by atoms with Gasteiger partial charge in [-0.2, -0.15) is 13.2 Å². The van der Waals surface area contributed by atoms with E-state index in [1.165, 1.54) is 21.9 Å². The minimum atomic E-state index is -4.40. The van der Waals surface area contributed by atoms with Crippen molar-refractivity contribution >= 4 is 29.2 Å². The minimum absolute atomic E-state index is 0.153. The second kappa shape index (κ2) is 8.95. The van der Waals surface area contributed by atoms with Crippen LogP contribution in [0.5, 0.6) is 0 Å². The number of rotatable bonds is 4. The van der Waals surface area contributed by atoms with Crippen LogP contribution < -0.4 is 5.32 Å². The number of amides is 3. The third-order valence-corrected chi connectivity index (χ3v) is 5.22. The minimum Gasteiger partial charge on any atom is -0.340 e. The number of nitrogens with zero attached hydrogens (tertiary/aromatic N) is 2. The molecule has 30 heavy (non-hydrogen) atoms. The molecule has 160 valence electrons. The fraction of sp³-hybridized carbons (Fsp3) is 0.333. The molecule has 3 amide bonds. The molecule has 0 aliphatic carbocycles. The van der Waals surface area contributed by atoms with Gasteiger partial charge in [-0.3, -0.25) is 4.79 Å². The molecule has 1 aliphatic rings. The lowest BCUT2D eigenvalue weighted by molar-refractivity contribution is -0.137. The van der Waals surface area contributed by atoms with Crippen molar-refractivity contribution in [3.63, 3.8) is 0 Å². The Bertz CT molecular complexity index is 901. The summed E-state index contributed by atoms with van der Waals surface area (Å²) in [4.78, 5) is 28.4. The van der Waals surface area contributed by atoms with Crippen molar-refractivity contribution in [2.24, 2.45) is 0 Å². The first-order valence-electron chi connectivity index (χ1n) is 9.39. The molecule has 3 rings (SSSR count). The first-order valence-corrected chi connectivity index (χ1v) is 9.77. The van der Waals surface area contributed by atoms with E-state index in [9.17, 15) is 22.8 Å². The average molecular weight is 440 g/mol. The maximum atomic E-state index is 12.9. The van der Waals surface area contributed by atoms with Gasteiger partial charge < -0.3 is 15.1 Å². The summed E-state index contributed by atoms with van der Waals surface area (Å²) in [5.74, 6) is -0.251. The smallest absolute Gasteiger partial charge is 0.340 e. The van der Waals surface area contributed by atoms with E-state index < -0.39 is 17.8 Å². The molecule has 0 bridgehead atoms. The molecule has 0 spiro atoms. The van der Waals surface area contributed by atoms with E-state index in [4.69, 9.17) is 11.6 Å². The zero-order valence-electron chi connectivity index (χ0n) is 16.2. The third kappa shape index (κ3) is 5.24. The second-order valence-electron chi connectivity index (χ2n) is 7.18. The number of carbonyl (C=O) groups excluding carboxylic acids is 2. The van der Waals surface area contributed by atoms with Crippen molar-refractivity contribution < 1.29 is 22.8 Å². The third-order valence-electron chi connectivity index (χ3n) is 4.97. The van der Waals surface area contributed by atoms with E-state index in [2.05, 4.69) is 5.32 Å². The maximum Gasteiger partial charge on any atom is 0.416 e. The van der Waals surface area contributed by atoms with Gasteiger partial charge in [0.05, 0.1) is 5.56 Å². The quantitative estimate of drug-likeness (QED) is 0.727. The van der Waals surface area contributed by atoms with Crippen molar-refractivity contribution in [2.45, 2.75) is 31.6 Å². The number of alkyl halides is 3. The van der Waals surface area contributed by atoms with E-state index in [0.717, 1.165) is 12.1 Å². The van der Waals surface area contributed by atoms with Gasteiger partial charge in [-0.05, 0) is 54.8 Å². The Kier molecular flexibility index (Phi) is 6.55. The molecule has 2 aromatic rings. The molecular weight excluding hydrogens is 419 g/mol. The van der Waals surface area contributed by atoms with Gasteiger partial charge in [0.1, 0.15) is 6.04 Å². The molecule has 1 aliphatic heterocycles. The molecule has 1 atom stereocenters. The van der Waals surface area contributed by atoms with E-state index in [1.807, 2.05) is 0 Å². The number of carbonyl (C=O) groups is 2. The first kappa shape index (κ1) is 22.0. The highest BCUT2D eigenvalue weighted by Crippen LogP contribution is 2.29. The Morgan fingerprint density at radius 3 is 2.37 bits per heavy atom. The van der Waals surface area contributed by atoms with Gasteiger partial charge in [-0.25, -0.2) is 4.79 Å². The summed E-state index contributed by atoms with van der Waals surface area (Å²) in [6, 6.07) is 10.4. The number of anilines is 1. The van der Waals surface area contributed by atoms with Crippen molar-refractivity contribution in [1.29, 1.82) is 0 Å². The molecule has 1 N–H and O–H groups in total. The van der Waals surface area contributed by atoms with Crippen LogP contribution in [0.25, 0.3) is 0 Å². The van der Waals surface area contributed by atoms with Crippen LogP contribution in [0.2, 0.25) is 5.02 Å². The number of hydrogen-bond acceptors (Lipinski definition) is 2. The number of likely N-dealkylation sites (N-methyl/N-ethyl adjacent to an activating group) is 1. The number of hydrogen-bond donors (Lipinski definition) is 1. The topological polar surface area (TPSA) is 52.7 Å². The number of likely N-dealkylation sites (tertiary alicyclic amines) is 1. The van der Waals surface area contributed by atoms with E-state index in [1.54, 1.807) is 31.3 Å². The Labute approximate surface area is 177 Å². The highest BCUT2D eigenvalue weighted by atomic mass is 35.5. The van der Waals surface area contributed by atoms with Gasteiger partial charge >= 0.3 is 12.2 Å². The molecule has 0 saturated carbocycles. The number of nitrogens with one attached hydrogen (secondary N) is 1. The molecule has 5 nitrogen and oxygen atoms in total. The summed E-state index contributed by atoms with van der Waals surface area (Å²) in [6.45, 7) is 0.601. The molecule has 1 heterocycles. The Morgan fingerprint density at radius 1 is 1.13 bits per heavy atom. The molecule has 0 unspecified atom stereocenters. The fourth-order valence-corrected chi connectivity index (χ4v) is 3.53. The van der Waals surface area contributed by atoms with Crippen molar-refractivity contribution in [3.8, 4) is 0 Å². The van der Waals surface area contributed by atoms with Crippen LogP contribution in [0.4, 0.5) is 23.7 Å². The summed E-state index contributed by atoms with van der Waals surface area (Å²) in [7, 11) is 1.58. The molecule has 1 saturated heterocycles. The number of benzene rings is 2. The van der Waals surface area contributed by atoms with E-state index in [0.29, 0.717) is 35.7 Å². The summed E-state index contributed by atoms with van der Waals surface area (Å²) < 4.78 is 38.1. The predicted octanol–water partition coefficient (Wildman–Crippen LogP) is 5.01. The van der Waals surface area contributed by atoms with E-state index >= 15 is 0 Å². The standard InChI is InChI=1S/C21H21ClF3N3O2/c1-27(13-14-4-6-15(7-5-14)21(23,24)25)19(29)18-3-2-12-28(18)20(30)26-17-10-8-16(22)9-11-17/h4-11,18H,2-3,12-13H2,1H3,(H,26,30)/t18-/m1/s1. The van der Waals surface area contributed by atoms with Gasteiger partial charge in [0.2, 0.25) is 5.91 Å². The second-order valence-corrected chi connectivity index (χ2v) is 7.61. The van der Waals surface area contributed by atoms with E-state index in [-0.39, 0.29) is 18.5 Å². The molecular formula is C21H21ClF3N3O2. The Morgan fingerprint density at radius 2 is 1.77 bits per heavy atom. The zero-order valence-corrected chi connectivity index (χ0v) is 17.0. The Balaban J connectivity index is 1.62. The van der Waals surface area contributed by atoms with Crippen molar-refractivity contribution in [3.05, 3.63) is 64.7 Å². The van der Waals surface area contributed by atoms with Crippen LogP contribution in [0.3, 0.4) is 0 Å². The van der Waals surface area contributed by atoms with Gasteiger partial charge in [-0.15, -0.1) is 0 Å². The summed E-state index contributed by atoms with van der Waals surface area (Å²) in [6.07, 6.45) is -3.18. The highest BCUT2D eigenvalue weighted by molar-refractivity contribution is 6.30. The van der Waals surface area contributed by atoms with Gasteiger partial charge in [0.15, 0.2) is 0 Å². The van der Waals surface area contributed by atoms with Gasteiger partial charge in [-0.1, -0.05) is 23.7 Å². The lowest BCUT2D eigenvalue weighted by Gasteiger charge is -2.28. The Hall–Kier alpha value is -2.74. The van der Waals surface area contributed by atoms with Crippen LogP contribution in [0.15, 0.2) is 48.5 Å². The predicted molar refractivity (Wildman–Crippen MR) is 108 cm³/mol. The lowest BCUT2D eigenvalue weighted by Crippen LogP contribution is -2.47. The normalized spacial score (nSPS) is 16.4. The molecule has 0 radical (unpaired) electrons. The van der Waals surface area contributed by atoms with Crippen molar-refractivity contribution in [2.75, 3.05) is 18.9 Å². The molecule has 0 aromatic heterocycles. The SMILES string of the molecule is CN(Cc1ccc(C(F)(F)F)cc1)C(=O)[C@H]1CCCN1C(=O)Nc1ccc(Cl)cc1. The number of halogens is 4. The number of urea groups is 1. The van der Waals surface area contributed by atoms with Crippen LogP contribution >= 0.6 is 11.6 Å². The molecule has 9 heteroatoms. The highest BCUT2D eigenvalue weighted by Gasteiger charge is 2.36. The van der Waals surface area contributed by atoms with Gasteiger partial charge in [0.25, 0.3) is 0 Å². The molecule has 1 fully saturated rings. The maximum absolute atomic E-state index is 12.9. The van der Waals surface area contributed by atoms with Crippen LogP contribution in [0.1, 0.15) is 24.0 Å². The zero-order chi connectivity index (χ0) is 21.9. The summed E-state index contributed by atoms with van der Waals surface area (Å²) in [5, 5.41) is 3.30.